The largest absolute Gasteiger partial charge is 1.00 e. The minimum absolute atomic E-state index is 0. The van der Waals surface area contributed by atoms with Crippen LogP contribution in [0.25, 0.3) is 0 Å². The van der Waals surface area contributed by atoms with Gasteiger partial charge in [0.1, 0.15) is 0 Å². The molecule has 0 heterocycles. The van der Waals surface area contributed by atoms with E-state index in [0.29, 0.717) is 0 Å². The molecule has 29 heavy (non-hydrogen) atoms. The van der Waals surface area contributed by atoms with Crippen molar-refractivity contribution in [2.75, 3.05) is 39.3 Å². The highest BCUT2D eigenvalue weighted by Crippen LogP contribution is 2.20. The van der Waals surface area contributed by atoms with Crippen LogP contribution < -0.4 is 12.4 Å². The van der Waals surface area contributed by atoms with Gasteiger partial charge in [-0.05, 0) is 38.5 Å². The fraction of sp³-hybridized carbons (Fsp3) is 0.960. The van der Waals surface area contributed by atoms with Crippen molar-refractivity contribution in [3.8, 4) is 0 Å². The molecule has 0 saturated carbocycles. The molecule has 0 aliphatic heterocycles. The quantitative estimate of drug-likeness (QED) is 0.137. The van der Waals surface area contributed by atoms with Crippen LogP contribution >= 0.6 is 0 Å². The van der Waals surface area contributed by atoms with Crippen molar-refractivity contribution in [3.05, 3.63) is 0 Å². The van der Waals surface area contributed by atoms with Crippen LogP contribution in [0.4, 0.5) is 0 Å². The molecule has 0 aliphatic carbocycles. The number of nitrogens with zero attached hydrogens (tertiary/aromatic N) is 3. The Kier molecular flexibility index (Phi) is 22.4. The lowest BCUT2D eigenvalue weighted by atomic mass is 10.1. The van der Waals surface area contributed by atoms with Gasteiger partial charge in [-0.25, -0.2) is 4.99 Å². The topological polar surface area (TPSA) is 15.6 Å². The van der Waals surface area contributed by atoms with Crippen molar-refractivity contribution in [1.82, 2.24) is 4.90 Å². The molecule has 0 aliphatic rings. The van der Waals surface area contributed by atoms with Crippen LogP contribution in [0.2, 0.25) is 0 Å². The van der Waals surface area contributed by atoms with E-state index in [1.807, 2.05) is 0 Å². The van der Waals surface area contributed by atoms with Crippen molar-refractivity contribution >= 4 is 5.96 Å². The summed E-state index contributed by atoms with van der Waals surface area (Å²) in [6.07, 6.45) is 15.3. The Hall–Kier alpha value is -0.280. The summed E-state index contributed by atoms with van der Waals surface area (Å²) < 4.78 is 1.15. The smallest absolute Gasteiger partial charge is 0.300 e. The molecule has 0 aromatic heterocycles. The molecular weight excluding hydrogens is 378 g/mol. The number of hydrogen-bond donors (Lipinski definition) is 0. The van der Waals surface area contributed by atoms with Gasteiger partial charge in [0, 0.05) is 19.6 Å². The van der Waals surface area contributed by atoms with E-state index in [1.165, 1.54) is 116 Å². The van der Waals surface area contributed by atoms with E-state index in [4.69, 9.17) is 4.99 Å². The second kappa shape index (κ2) is 21.0. The van der Waals surface area contributed by atoms with E-state index in [9.17, 15) is 0 Å². The van der Waals surface area contributed by atoms with Gasteiger partial charge in [-0.2, -0.15) is 0 Å². The minimum atomic E-state index is 0. The zero-order valence-electron chi connectivity index (χ0n) is 20.9. The highest BCUT2D eigenvalue weighted by atomic mass is 35.5. The Balaban J connectivity index is 0. The van der Waals surface area contributed by atoms with Crippen LogP contribution in [0, 0.1) is 0 Å². The maximum absolute atomic E-state index is 5.37. The van der Waals surface area contributed by atoms with Gasteiger partial charge in [-0.3, -0.25) is 4.48 Å². The molecule has 0 amide bonds. The van der Waals surface area contributed by atoms with Crippen LogP contribution in [-0.2, 0) is 0 Å². The number of rotatable bonds is 18. The maximum atomic E-state index is 5.37. The van der Waals surface area contributed by atoms with Gasteiger partial charge in [0.25, 0.3) is 5.96 Å². The van der Waals surface area contributed by atoms with Crippen LogP contribution in [0.3, 0.4) is 0 Å². The lowest BCUT2D eigenvalue weighted by molar-refractivity contribution is -0.848. The van der Waals surface area contributed by atoms with Gasteiger partial charge >= 0.3 is 0 Å². The number of quaternary nitrogens is 1. The third-order valence-electron chi connectivity index (χ3n) is 5.85. The normalized spacial score (nSPS) is 12.1. The van der Waals surface area contributed by atoms with Crippen LogP contribution in [0.1, 0.15) is 119 Å². The van der Waals surface area contributed by atoms with E-state index in [-0.39, 0.29) is 12.4 Å². The fourth-order valence-corrected chi connectivity index (χ4v) is 3.91. The molecule has 4 heteroatoms. The fourth-order valence-electron chi connectivity index (χ4n) is 3.91. The van der Waals surface area contributed by atoms with E-state index < -0.39 is 0 Å². The summed E-state index contributed by atoms with van der Waals surface area (Å²) in [5, 5.41) is 0. The highest BCUT2D eigenvalue weighted by molar-refractivity contribution is 5.73. The first-order valence-electron chi connectivity index (χ1n) is 12.8. The Morgan fingerprint density at radius 2 is 0.966 bits per heavy atom. The second-order valence-electron chi connectivity index (χ2n) is 8.61. The summed E-state index contributed by atoms with van der Waals surface area (Å²) in [7, 11) is 0. The zero-order valence-corrected chi connectivity index (χ0v) is 21.7. The average Bonchev–Trinajstić information content (AvgIpc) is 2.72. The van der Waals surface area contributed by atoms with Gasteiger partial charge in [0.15, 0.2) is 0 Å². The summed E-state index contributed by atoms with van der Waals surface area (Å²) in [4.78, 5) is 8.08. The first kappa shape index (κ1) is 30.9. The van der Waals surface area contributed by atoms with Crippen molar-refractivity contribution in [2.45, 2.75) is 119 Å². The third-order valence-corrected chi connectivity index (χ3v) is 5.85. The second-order valence-corrected chi connectivity index (χ2v) is 8.61. The van der Waals surface area contributed by atoms with Gasteiger partial charge in [-0.15, -0.1) is 0 Å². The molecule has 0 aromatic carbocycles. The number of halogens is 1. The summed E-state index contributed by atoms with van der Waals surface area (Å²) in [6.45, 7) is 21.1. The van der Waals surface area contributed by atoms with Crippen LogP contribution in [0.15, 0.2) is 4.99 Å². The van der Waals surface area contributed by atoms with Crippen LogP contribution in [-0.4, -0.2) is 54.6 Å². The summed E-state index contributed by atoms with van der Waals surface area (Å²) in [5.41, 5.74) is 0. The van der Waals surface area contributed by atoms with E-state index in [0.717, 1.165) is 11.0 Å². The first-order valence-corrected chi connectivity index (χ1v) is 12.8. The standard InChI is InChI=1S/C25H54N3.ClH/c1-7-13-19-26-25(27(20-14-8-2)21-15-9-3)28(22-16-10-4,23-17-11-5)24-18-12-6;/h7-24H2,1-6H3;1H/q+1;/p-1. The van der Waals surface area contributed by atoms with Crippen molar-refractivity contribution < 1.29 is 16.9 Å². The van der Waals surface area contributed by atoms with Crippen molar-refractivity contribution in [2.24, 2.45) is 4.99 Å². The molecule has 0 saturated heterocycles. The molecule has 0 atom stereocenters. The number of guanidine groups is 1. The first-order chi connectivity index (χ1) is 13.7. The van der Waals surface area contributed by atoms with Crippen LogP contribution in [0.5, 0.6) is 0 Å². The summed E-state index contributed by atoms with van der Waals surface area (Å²) >= 11 is 0. The molecule has 0 fully saturated rings. The third kappa shape index (κ3) is 12.9. The summed E-state index contributed by atoms with van der Waals surface area (Å²) in [5.74, 6) is 1.45. The Labute approximate surface area is 190 Å². The van der Waals surface area contributed by atoms with Gasteiger partial charge in [0.2, 0.25) is 0 Å². The van der Waals surface area contributed by atoms with Crippen molar-refractivity contribution in [3.63, 3.8) is 0 Å². The monoisotopic (exact) mass is 431 g/mol. The predicted octanol–water partition coefficient (Wildman–Crippen LogP) is 4.27. The number of aliphatic imine (C=N–C) groups is 1. The SMILES string of the molecule is CCCCN=C(N(CCCC)CCCC)[N+](CCCC)(CCCC)CCCC.[Cl-]. The molecule has 0 bridgehead atoms. The van der Waals surface area contributed by atoms with Gasteiger partial charge in [-0.1, -0.05) is 80.1 Å². The van der Waals surface area contributed by atoms with E-state index in [1.54, 1.807) is 0 Å². The number of unbranched alkanes of at least 4 members (excludes halogenated alkanes) is 6. The molecular formula is C25H54ClN3. The zero-order chi connectivity index (χ0) is 21.1. The molecule has 0 radical (unpaired) electrons. The van der Waals surface area contributed by atoms with Crippen molar-refractivity contribution in [1.29, 1.82) is 0 Å². The van der Waals surface area contributed by atoms with E-state index in [2.05, 4.69) is 46.4 Å². The summed E-state index contributed by atoms with van der Waals surface area (Å²) in [6, 6.07) is 0. The number of hydrogen-bond acceptors (Lipinski definition) is 1. The predicted molar refractivity (Wildman–Crippen MR) is 128 cm³/mol. The molecule has 0 unspecified atom stereocenters. The van der Waals surface area contributed by atoms with E-state index >= 15 is 0 Å². The maximum Gasteiger partial charge on any atom is 0.300 e. The molecule has 3 nitrogen and oxygen atoms in total. The molecule has 0 spiro atoms. The highest BCUT2D eigenvalue weighted by Gasteiger charge is 2.36. The van der Waals surface area contributed by atoms with Gasteiger partial charge < -0.3 is 17.3 Å². The Morgan fingerprint density at radius 3 is 1.31 bits per heavy atom. The Morgan fingerprint density at radius 1 is 0.586 bits per heavy atom. The lowest BCUT2D eigenvalue weighted by Crippen LogP contribution is -3.00. The Bertz CT molecular complexity index is 341. The molecule has 0 rings (SSSR count). The molecule has 0 N–H and O–H groups in total. The minimum Gasteiger partial charge on any atom is -1.00 e. The lowest BCUT2D eigenvalue weighted by Gasteiger charge is -2.43. The van der Waals surface area contributed by atoms with Gasteiger partial charge in [0.05, 0.1) is 19.6 Å². The average molecular weight is 432 g/mol. The molecule has 0 aromatic rings. The molecule has 176 valence electrons.